The zero-order chi connectivity index (χ0) is 14.8. The van der Waals surface area contributed by atoms with E-state index in [2.05, 4.69) is 4.72 Å². The highest BCUT2D eigenvalue weighted by Gasteiger charge is 2.15. The molecule has 0 aliphatic heterocycles. The highest BCUT2D eigenvalue weighted by atomic mass is 35.5. The summed E-state index contributed by atoms with van der Waals surface area (Å²) in [5.41, 5.74) is 1.31. The van der Waals surface area contributed by atoms with Crippen molar-refractivity contribution in [2.75, 3.05) is 11.0 Å². The Balaban J connectivity index is 2.32. The van der Waals surface area contributed by atoms with E-state index in [4.69, 9.17) is 11.6 Å². The van der Waals surface area contributed by atoms with Gasteiger partial charge in [-0.05, 0) is 55.1 Å². The van der Waals surface area contributed by atoms with Crippen molar-refractivity contribution in [3.8, 4) is 0 Å². The number of sulfonamides is 1. The van der Waals surface area contributed by atoms with Gasteiger partial charge in [-0.25, -0.2) is 8.42 Å². The highest BCUT2D eigenvalue weighted by Crippen LogP contribution is 2.24. The molecule has 2 rings (SSSR count). The second kappa shape index (κ2) is 6.08. The number of thioether (sulfide) groups is 1. The fraction of sp³-hybridized carbons (Fsp3) is 0.143. The molecule has 0 aliphatic rings. The summed E-state index contributed by atoms with van der Waals surface area (Å²) in [6.45, 7) is 1.82. The molecule has 0 radical (unpaired) electrons. The first kappa shape index (κ1) is 15.2. The van der Waals surface area contributed by atoms with Gasteiger partial charge in [-0.2, -0.15) is 0 Å². The van der Waals surface area contributed by atoms with Crippen LogP contribution in [0.5, 0.6) is 0 Å². The molecule has 1 N–H and O–H groups in total. The Kier molecular flexibility index (Phi) is 4.62. The lowest BCUT2D eigenvalue weighted by Crippen LogP contribution is -2.13. The third-order valence-corrected chi connectivity index (χ3v) is 5.17. The van der Waals surface area contributed by atoms with E-state index in [1.807, 2.05) is 13.2 Å². The highest BCUT2D eigenvalue weighted by molar-refractivity contribution is 7.98. The molecule has 0 saturated heterocycles. The average Bonchev–Trinajstić information content (AvgIpc) is 2.43. The average molecular weight is 328 g/mol. The van der Waals surface area contributed by atoms with Crippen molar-refractivity contribution in [3.05, 3.63) is 53.1 Å². The molecule has 0 spiro atoms. The van der Waals surface area contributed by atoms with Crippen LogP contribution in [0.15, 0.2) is 52.3 Å². The van der Waals surface area contributed by atoms with Crippen LogP contribution in [0.4, 0.5) is 5.69 Å². The van der Waals surface area contributed by atoms with E-state index in [0.717, 1.165) is 10.5 Å². The topological polar surface area (TPSA) is 46.2 Å². The monoisotopic (exact) mass is 327 g/mol. The number of rotatable bonds is 4. The van der Waals surface area contributed by atoms with Crippen LogP contribution < -0.4 is 4.72 Å². The van der Waals surface area contributed by atoms with Crippen LogP contribution in [0.3, 0.4) is 0 Å². The Bertz CT molecular complexity index is 712. The van der Waals surface area contributed by atoms with Gasteiger partial charge in [0.2, 0.25) is 0 Å². The quantitative estimate of drug-likeness (QED) is 0.857. The zero-order valence-electron chi connectivity index (χ0n) is 11.1. The fourth-order valence-corrected chi connectivity index (χ4v) is 3.36. The van der Waals surface area contributed by atoms with Crippen molar-refractivity contribution in [1.29, 1.82) is 0 Å². The van der Waals surface area contributed by atoms with Gasteiger partial charge in [-0.3, -0.25) is 4.72 Å². The van der Waals surface area contributed by atoms with Crippen LogP contribution in [0, 0.1) is 6.92 Å². The minimum absolute atomic E-state index is 0.231. The molecule has 0 unspecified atom stereocenters. The van der Waals surface area contributed by atoms with E-state index in [-0.39, 0.29) is 4.90 Å². The number of aryl methyl sites for hydroxylation is 1. The molecule has 2 aromatic carbocycles. The predicted octanol–water partition coefficient (Wildman–Crippen LogP) is 4.17. The minimum atomic E-state index is -3.60. The van der Waals surface area contributed by atoms with Crippen molar-refractivity contribution in [2.24, 2.45) is 0 Å². The molecule has 0 bridgehead atoms. The molecule has 2 aromatic rings. The number of nitrogens with one attached hydrogen (secondary N) is 1. The SMILES string of the molecule is CSc1ccc(S(=O)(=O)Nc2cc(Cl)ccc2C)cc1. The van der Waals surface area contributed by atoms with Gasteiger partial charge in [0.05, 0.1) is 10.6 Å². The van der Waals surface area contributed by atoms with Crippen LogP contribution >= 0.6 is 23.4 Å². The second-order valence-corrected chi connectivity index (χ2v) is 7.24. The van der Waals surface area contributed by atoms with Gasteiger partial charge in [0.25, 0.3) is 10.0 Å². The van der Waals surface area contributed by atoms with E-state index < -0.39 is 10.0 Å². The number of hydrogen-bond acceptors (Lipinski definition) is 3. The number of hydrogen-bond donors (Lipinski definition) is 1. The van der Waals surface area contributed by atoms with Crippen LogP contribution in [0.2, 0.25) is 5.02 Å². The van der Waals surface area contributed by atoms with Crippen LogP contribution in [0.1, 0.15) is 5.56 Å². The zero-order valence-corrected chi connectivity index (χ0v) is 13.4. The first-order valence-electron chi connectivity index (χ1n) is 5.85. The van der Waals surface area contributed by atoms with Crippen molar-refractivity contribution < 1.29 is 8.42 Å². The summed E-state index contributed by atoms with van der Waals surface area (Å²) < 4.78 is 27.2. The van der Waals surface area contributed by atoms with Crippen molar-refractivity contribution in [2.45, 2.75) is 16.7 Å². The molecule has 0 atom stereocenters. The van der Waals surface area contributed by atoms with E-state index in [0.29, 0.717) is 10.7 Å². The van der Waals surface area contributed by atoms with Gasteiger partial charge < -0.3 is 0 Å². The number of anilines is 1. The number of halogens is 1. The summed E-state index contributed by atoms with van der Waals surface area (Å²) in [5.74, 6) is 0. The molecule has 0 saturated carbocycles. The van der Waals surface area contributed by atoms with E-state index >= 15 is 0 Å². The molecule has 20 heavy (non-hydrogen) atoms. The molecular weight excluding hydrogens is 314 g/mol. The Morgan fingerprint density at radius 2 is 1.75 bits per heavy atom. The summed E-state index contributed by atoms with van der Waals surface area (Å²) >= 11 is 7.46. The van der Waals surface area contributed by atoms with E-state index in [9.17, 15) is 8.42 Å². The molecule has 0 fully saturated rings. The fourth-order valence-electron chi connectivity index (χ4n) is 1.66. The lowest BCUT2D eigenvalue weighted by molar-refractivity contribution is 0.601. The Hall–Kier alpha value is -1.17. The molecule has 106 valence electrons. The Morgan fingerprint density at radius 1 is 1.10 bits per heavy atom. The molecule has 0 aliphatic carbocycles. The lowest BCUT2D eigenvalue weighted by Gasteiger charge is -2.11. The maximum atomic E-state index is 12.3. The first-order chi connectivity index (χ1) is 9.42. The Labute approximate surface area is 128 Å². The summed E-state index contributed by atoms with van der Waals surface area (Å²) in [6, 6.07) is 11.8. The van der Waals surface area contributed by atoms with Crippen LogP contribution in [0.25, 0.3) is 0 Å². The van der Waals surface area contributed by atoms with E-state index in [1.165, 1.54) is 0 Å². The standard InChI is InChI=1S/C14H14ClNO2S2/c1-10-3-4-11(15)9-14(10)16-20(17,18)13-7-5-12(19-2)6-8-13/h3-9,16H,1-2H3. The largest absolute Gasteiger partial charge is 0.279 e. The predicted molar refractivity (Wildman–Crippen MR) is 85.2 cm³/mol. The van der Waals surface area contributed by atoms with Gasteiger partial charge >= 0.3 is 0 Å². The van der Waals surface area contributed by atoms with Gasteiger partial charge in [-0.15, -0.1) is 11.8 Å². The van der Waals surface area contributed by atoms with Gasteiger partial charge in [0.1, 0.15) is 0 Å². The normalized spacial score (nSPS) is 11.3. The summed E-state index contributed by atoms with van der Waals surface area (Å²) in [5, 5.41) is 0.492. The lowest BCUT2D eigenvalue weighted by atomic mass is 10.2. The molecule has 0 aromatic heterocycles. The first-order valence-corrected chi connectivity index (χ1v) is 8.94. The maximum Gasteiger partial charge on any atom is 0.261 e. The second-order valence-electron chi connectivity index (χ2n) is 4.24. The third kappa shape index (κ3) is 3.48. The Morgan fingerprint density at radius 3 is 2.35 bits per heavy atom. The summed E-state index contributed by atoms with van der Waals surface area (Å²) in [7, 11) is -3.60. The number of benzene rings is 2. The van der Waals surface area contributed by atoms with Crippen LogP contribution in [-0.4, -0.2) is 14.7 Å². The summed E-state index contributed by atoms with van der Waals surface area (Å²) in [4.78, 5) is 1.25. The molecule has 0 heterocycles. The molecule has 0 amide bonds. The van der Waals surface area contributed by atoms with E-state index in [1.54, 1.807) is 54.2 Å². The van der Waals surface area contributed by atoms with Gasteiger partial charge in [-0.1, -0.05) is 17.7 Å². The summed E-state index contributed by atoms with van der Waals surface area (Å²) in [6.07, 6.45) is 1.94. The molecule has 6 heteroatoms. The van der Waals surface area contributed by atoms with Gasteiger partial charge in [0.15, 0.2) is 0 Å². The smallest absolute Gasteiger partial charge is 0.261 e. The third-order valence-electron chi connectivity index (χ3n) is 2.81. The van der Waals surface area contributed by atoms with Gasteiger partial charge in [0, 0.05) is 9.92 Å². The van der Waals surface area contributed by atoms with Crippen molar-refractivity contribution in [1.82, 2.24) is 0 Å². The van der Waals surface area contributed by atoms with Crippen LogP contribution in [-0.2, 0) is 10.0 Å². The maximum absolute atomic E-state index is 12.3. The van der Waals surface area contributed by atoms with Crippen molar-refractivity contribution in [3.63, 3.8) is 0 Å². The molecular formula is C14H14ClNO2S2. The van der Waals surface area contributed by atoms with Crippen molar-refractivity contribution >= 4 is 39.1 Å². The molecule has 3 nitrogen and oxygen atoms in total. The minimum Gasteiger partial charge on any atom is -0.279 e.